The molecule has 5 amide bonds. The third kappa shape index (κ3) is 17.1. The topological polar surface area (TPSA) is 190 Å². The number of carbonyl (C=O) groups excluding carboxylic acids is 6. The largest absolute Gasteiger partial charge is 0.444 e. The molecule has 0 unspecified atom stereocenters. The molecule has 15 heteroatoms. The summed E-state index contributed by atoms with van der Waals surface area (Å²) in [5.74, 6) is -1.81. The van der Waals surface area contributed by atoms with E-state index in [0.717, 1.165) is 16.7 Å². The third-order valence-corrected chi connectivity index (χ3v) is 13.0. The van der Waals surface area contributed by atoms with Gasteiger partial charge >= 0.3 is 18.3 Å². The highest BCUT2D eigenvalue weighted by atomic mass is 32.2. The number of para-hydroxylation sites is 2. The Balaban J connectivity index is 1.17. The Bertz CT molecular complexity index is 2680. The van der Waals surface area contributed by atoms with Crippen LogP contribution in [-0.2, 0) is 35.0 Å². The summed E-state index contributed by atoms with van der Waals surface area (Å²) in [4.78, 5) is 81.7. The number of thioether (sulfide) groups is 1. The quantitative estimate of drug-likeness (QED) is 0.0434. The van der Waals surface area contributed by atoms with Gasteiger partial charge in [0.1, 0.15) is 23.0 Å². The minimum Gasteiger partial charge on any atom is -0.444 e. The molecule has 0 saturated carbocycles. The second-order valence-electron chi connectivity index (χ2n) is 19.5. The number of nitrogens with one attached hydrogen (secondary N) is 5. The molecule has 6 aromatic carbocycles. The van der Waals surface area contributed by atoms with E-state index in [1.165, 1.54) is 0 Å². The lowest BCUT2D eigenvalue weighted by Crippen LogP contribution is -2.47. The summed E-state index contributed by atoms with van der Waals surface area (Å²) in [6.45, 7) is 10.2. The molecule has 0 aliphatic heterocycles. The molecule has 386 valence electrons. The summed E-state index contributed by atoms with van der Waals surface area (Å²) >= 11 is 1.54. The van der Waals surface area contributed by atoms with Crippen LogP contribution in [0.3, 0.4) is 0 Å². The number of carbonyl (C=O) groups is 6. The lowest BCUT2D eigenvalue weighted by molar-refractivity contribution is -0.126. The second kappa shape index (κ2) is 26.2. The number of ether oxygens (including phenoxy) is 3. The van der Waals surface area contributed by atoms with Crippen molar-refractivity contribution in [3.05, 3.63) is 198 Å². The summed E-state index contributed by atoms with van der Waals surface area (Å²) < 4.78 is 15.7. The van der Waals surface area contributed by atoms with Gasteiger partial charge in [0.05, 0.1) is 16.7 Å². The molecule has 0 bridgehead atoms. The van der Waals surface area contributed by atoms with E-state index in [1.54, 1.807) is 114 Å². The number of benzene rings is 6. The lowest BCUT2D eigenvalue weighted by Gasteiger charge is -2.36. The summed E-state index contributed by atoms with van der Waals surface area (Å²) in [5.41, 5.74) is 3.05. The van der Waals surface area contributed by atoms with Crippen molar-refractivity contribution in [2.45, 2.75) is 88.8 Å². The fourth-order valence-corrected chi connectivity index (χ4v) is 9.57. The molecule has 0 fully saturated rings. The van der Waals surface area contributed by atoms with E-state index in [9.17, 15) is 28.8 Å². The molecule has 3 atom stereocenters. The molecule has 14 nitrogen and oxygen atoms in total. The summed E-state index contributed by atoms with van der Waals surface area (Å²) in [7, 11) is 0. The molecule has 5 N–H and O–H groups in total. The third-order valence-electron chi connectivity index (χ3n) is 11.3. The summed E-state index contributed by atoms with van der Waals surface area (Å²) in [6.07, 6.45) is -2.66. The van der Waals surface area contributed by atoms with Gasteiger partial charge in [0, 0.05) is 36.5 Å². The van der Waals surface area contributed by atoms with Crippen molar-refractivity contribution >= 4 is 59.0 Å². The van der Waals surface area contributed by atoms with E-state index in [0.29, 0.717) is 16.9 Å². The van der Waals surface area contributed by atoms with Gasteiger partial charge in [-0.25, -0.2) is 14.4 Å². The highest BCUT2D eigenvalue weighted by molar-refractivity contribution is 8.00. The minimum absolute atomic E-state index is 0.0641. The smallest absolute Gasteiger partial charge is 0.412 e. The SMILES string of the molecule is CC(C)(C)OC(=O)N[C@@H](CCNC(=O)Oc1ccc(C[C@H](NC(=O)OC(C)(C)C)C(=O)Nc2ccccc2)cc1)C(=O)C[C@@H](CSC(c1ccccc1)(c1ccccc1)c1ccccc1)C(=O)Nc1ccccc1. The summed E-state index contributed by atoms with van der Waals surface area (Å²) in [5, 5.41) is 13.9. The number of alkyl carbamates (subject to hydrolysis) is 2. The minimum atomic E-state index is -1.18. The van der Waals surface area contributed by atoms with Crippen LogP contribution in [0, 0.1) is 5.92 Å². The van der Waals surface area contributed by atoms with Crippen LogP contribution in [0.2, 0.25) is 0 Å². The predicted octanol–water partition coefficient (Wildman–Crippen LogP) is 11.1. The molecule has 0 aliphatic carbocycles. The Labute approximate surface area is 437 Å². The maximum atomic E-state index is 14.6. The van der Waals surface area contributed by atoms with Gasteiger partial charge in [-0.15, -0.1) is 11.8 Å². The Kier molecular flexibility index (Phi) is 19.6. The van der Waals surface area contributed by atoms with Gasteiger partial charge in [-0.3, -0.25) is 14.4 Å². The first-order valence-corrected chi connectivity index (χ1v) is 25.4. The van der Waals surface area contributed by atoms with Crippen LogP contribution >= 0.6 is 11.8 Å². The van der Waals surface area contributed by atoms with Crippen molar-refractivity contribution in [3.8, 4) is 5.75 Å². The van der Waals surface area contributed by atoms with Crippen LogP contribution in [0.15, 0.2) is 176 Å². The number of ketones is 1. The Morgan fingerprint density at radius 1 is 0.500 bits per heavy atom. The summed E-state index contributed by atoms with van der Waals surface area (Å²) in [6, 6.07) is 52.2. The normalized spacial score (nSPS) is 12.7. The maximum absolute atomic E-state index is 14.6. The van der Waals surface area contributed by atoms with E-state index in [1.807, 2.05) is 78.9 Å². The van der Waals surface area contributed by atoms with Crippen molar-refractivity contribution in [1.29, 1.82) is 0 Å². The van der Waals surface area contributed by atoms with Gasteiger partial charge in [-0.2, -0.15) is 0 Å². The van der Waals surface area contributed by atoms with Gasteiger partial charge < -0.3 is 40.8 Å². The van der Waals surface area contributed by atoms with E-state index >= 15 is 0 Å². The van der Waals surface area contributed by atoms with Crippen molar-refractivity contribution < 1.29 is 43.0 Å². The first-order valence-electron chi connectivity index (χ1n) is 24.5. The molecular weight excluding hydrogens is 955 g/mol. The fraction of sp³-hybridized carbons (Fsp3) is 0.288. The van der Waals surface area contributed by atoms with Crippen LogP contribution in [0.1, 0.15) is 76.6 Å². The standard InChI is InChI=1S/C59H65N5O9S/c1-57(2,3)72-55(69)63-49(36-37-60-54(68)71-48-34-32-41(33-35-48)38-50(64-56(70)73-58(4,5)6)53(67)62-47-30-20-11-21-31-47)51(65)39-42(52(66)61-46-28-18-10-19-29-46)40-74-59(43-22-12-7-13-23-43,44-24-14-8-15-25-44)45-26-16-9-17-27-45/h7-35,42,49-50H,36-40H2,1-6H3,(H,60,68)(H,61,66)(H,62,67)(H,63,69)(H,64,70)/t42-,49-,50-/m0/s1. The van der Waals surface area contributed by atoms with Crippen LogP contribution in [0.4, 0.5) is 25.8 Å². The second-order valence-corrected chi connectivity index (χ2v) is 20.8. The van der Waals surface area contributed by atoms with E-state index in [2.05, 4.69) is 63.0 Å². The van der Waals surface area contributed by atoms with Gasteiger partial charge in [0.25, 0.3) is 0 Å². The zero-order chi connectivity index (χ0) is 53.1. The van der Waals surface area contributed by atoms with Gasteiger partial charge in [-0.1, -0.05) is 140 Å². The van der Waals surface area contributed by atoms with E-state index in [4.69, 9.17) is 14.2 Å². The van der Waals surface area contributed by atoms with Gasteiger partial charge in [0.2, 0.25) is 11.8 Å². The fourth-order valence-electron chi connectivity index (χ4n) is 7.94. The molecule has 6 rings (SSSR count). The Morgan fingerprint density at radius 2 is 0.919 bits per heavy atom. The highest BCUT2D eigenvalue weighted by Gasteiger charge is 2.39. The van der Waals surface area contributed by atoms with Crippen molar-refractivity contribution in [3.63, 3.8) is 0 Å². The van der Waals surface area contributed by atoms with Crippen LogP contribution < -0.4 is 31.3 Å². The zero-order valence-electron chi connectivity index (χ0n) is 42.6. The van der Waals surface area contributed by atoms with Crippen molar-refractivity contribution in [2.24, 2.45) is 5.92 Å². The number of anilines is 2. The van der Waals surface area contributed by atoms with E-state index < -0.39 is 63.9 Å². The zero-order valence-corrected chi connectivity index (χ0v) is 43.4. The molecule has 0 heterocycles. The molecule has 0 saturated heterocycles. The highest BCUT2D eigenvalue weighted by Crippen LogP contribution is 2.49. The van der Waals surface area contributed by atoms with Crippen LogP contribution in [0.5, 0.6) is 5.75 Å². The van der Waals surface area contributed by atoms with Crippen molar-refractivity contribution in [2.75, 3.05) is 22.9 Å². The van der Waals surface area contributed by atoms with Crippen LogP contribution in [-0.4, -0.2) is 71.5 Å². The molecular formula is C59H65N5O9S. The average Bonchev–Trinajstić information content (AvgIpc) is 3.36. The number of rotatable bonds is 21. The number of hydrogen-bond acceptors (Lipinski definition) is 10. The molecule has 0 aliphatic rings. The molecule has 74 heavy (non-hydrogen) atoms. The first kappa shape index (κ1) is 55.4. The average molecular weight is 1020 g/mol. The van der Waals surface area contributed by atoms with Gasteiger partial charge in [-0.05, 0) is 107 Å². The predicted molar refractivity (Wildman–Crippen MR) is 290 cm³/mol. The van der Waals surface area contributed by atoms with Gasteiger partial charge in [0.15, 0.2) is 5.78 Å². The lowest BCUT2D eigenvalue weighted by atomic mass is 9.84. The van der Waals surface area contributed by atoms with E-state index in [-0.39, 0.29) is 43.2 Å². The first-order chi connectivity index (χ1) is 35.4. The number of Topliss-reactive ketones (excluding diaryl/α,β-unsaturated/α-hetero) is 1. The molecule has 6 aromatic rings. The molecule has 0 spiro atoms. The molecule has 0 aromatic heterocycles. The van der Waals surface area contributed by atoms with Crippen molar-refractivity contribution in [1.82, 2.24) is 16.0 Å². The monoisotopic (exact) mass is 1020 g/mol. The number of hydrogen-bond donors (Lipinski definition) is 5. The Morgan fingerprint density at radius 3 is 1.36 bits per heavy atom. The molecule has 0 radical (unpaired) electrons. The van der Waals surface area contributed by atoms with Crippen LogP contribution in [0.25, 0.3) is 0 Å². The Hall–Kier alpha value is -7.91. The number of amides is 5. The maximum Gasteiger partial charge on any atom is 0.412 e.